The molecule has 130 valence electrons. The predicted octanol–water partition coefficient (Wildman–Crippen LogP) is 4.99. The van der Waals surface area contributed by atoms with Crippen molar-refractivity contribution in [3.63, 3.8) is 0 Å². The Morgan fingerprint density at radius 3 is 2.33 bits per heavy atom. The Balaban J connectivity index is 2.56. The van der Waals surface area contributed by atoms with Gasteiger partial charge in [0.1, 0.15) is 16.1 Å². The van der Waals surface area contributed by atoms with E-state index in [1.54, 1.807) is 0 Å². The van der Waals surface area contributed by atoms with Crippen molar-refractivity contribution in [1.29, 1.82) is 0 Å². The van der Waals surface area contributed by atoms with Gasteiger partial charge in [-0.1, -0.05) is 6.92 Å². The standard InChI is InChI=1S/C16H15BrF3NO3/c1-4-9-7-12(15(23-3)21-14(9)17)11-6-5-10(8-13(11)22-2)24-16(18,19)20/h5-8H,4H2,1-3H3. The van der Waals surface area contributed by atoms with E-state index >= 15 is 0 Å². The number of aryl methyl sites for hydroxylation is 1. The van der Waals surface area contributed by atoms with Crippen LogP contribution in [0.4, 0.5) is 13.2 Å². The fourth-order valence-corrected chi connectivity index (χ4v) is 2.76. The lowest BCUT2D eigenvalue weighted by Gasteiger charge is -2.16. The minimum absolute atomic E-state index is 0.223. The number of ether oxygens (including phenoxy) is 3. The van der Waals surface area contributed by atoms with Crippen LogP contribution in [0.1, 0.15) is 12.5 Å². The van der Waals surface area contributed by atoms with Crippen molar-refractivity contribution in [2.45, 2.75) is 19.7 Å². The third kappa shape index (κ3) is 4.11. The lowest BCUT2D eigenvalue weighted by atomic mass is 10.0. The first kappa shape index (κ1) is 18.4. The molecule has 4 nitrogen and oxygen atoms in total. The highest BCUT2D eigenvalue weighted by Gasteiger charge is 2.31. The Morgan fingerprint density at radius 2 is 1.79 bits per heavy atom. The molecule has 0 spiro atoms. The number of alkyl halides is 3. The van der Waals surface area contributed by atoms with Crippen LogP contribution in [0.3, 0.4) is 0 Å². The second kappa shape index (κ2) is 7.29. The molecule has 0 aliphatic heterocycles. The summed E-state index contributed by atoms with van der Waals surface area (Å²) in [5.41, 5.74) is 2.11. The van der Waals surface area contributed by atoms with E-state index in [-0.39, 0.29) is 11.5 Å². The maximum absolute atomic E-state index is 12.4. The topological polar surface area (TPSA) is 40.6 Å². The fraction of sp³-hybridized carbons (Fsp3) is 0.312. The van der Waals surface area contributed by atoms with Gasteiger partial charge in [0.25, 0.3) is 0 Å². The number of benzene rings is 1. The van der Waals surface area contributed by atoms with Crippen molar-refractivity contribution in [3.8, 4) is 28.5 Å². The van der Waals surface area contributed by atoms with Gasteiger partial charge in [0.15, 0.2) is 0 Å². The van der Waals surface area contributed by atoms with Gasteiger partial charge in [0.2, 0.25) is 5.88 Å². The normalized spacial score (nSPS) is 11.3. The minimum Gasteiger partial charge on any atom is -0.496 e. The second-order valence-electron chi connectivity index (χ2n) is 4.76. The zero-order valence-corrected chi connectivity index (χ0v) is 14.8. The molecule has 1 heterocycles. The smallest absolute Gasteiger partial charge is 0.496 e. The van der Waals surface area contributed by atoms with Gasteiger partial charge in [-0.2, -0.15) is 0 Å². The summed E-state index contributed by atoms with van der Waals surface area (Å²) >= 11 is 3.37. The van der Waals surface area contributed by atoms with Gasteiger partial charge in [0.05, 0.1) is 14.2 Å². The van der Waals surface area contributed by atoms with Crippen molar-refractivity contribution >= 4 is 15.9 Å². The molecule has 0 atom stereocenters. The van der Waals surface area contributed by atoms with Crippen molar-refractivity contribution in [3.05, 3.63) is 34.4 Å². The summed E-state index contributed by atoms with van der Waals surface area (Å²) in [6.07, 6.45) is -4.04. The molecule has 0 aliphatic rings. The first-order chi connectivity index (χ1) is 11.3. The molecule has 8 heteroatoms. The summed E-state index contributed by atoms with van der Waals surface area (Å²) < 4.78 is 52.2. The number of halogens is 4. The monoisotopic (exact) mass is 405 g/mol. The van der Waals surface area contributed by atoms with Gasteiger partial charge in [0, 0.05) is 17.2 Å². The maximum atomic E-state index is 12.4. The Morgan fingerprint density at radius 1 is 1.08 bits per heavy atom. The average Bonchev–Trinajstić information content (AvgIpc) is 2.53. The van der Waals surface area contributed by atoms with Gasteiger partial charge >= 0.3 is 6.36 Å². The van der Waals surface area contributed by atoms with Gasteiger partial charge in [-0.15, -0.1) is 13.2 Å². The average molecular weight is 406 g/mol. The van der Waals surface area contributed by atoms with Crippen LogP contribution in [-0.4, -0.2) is 25.6 Å². The molecule has 0 aliphatic carbocycles. The zero-order valence-electron chi connectivity index (χ0n) is 13.2. The molecule has 0 saturated carbocycles. The van der Waals surface area contributed by atoms with Crippen LogP contribution in [0.2, 0.25) is 0 Å². The minimum atomic E-state index is -4.77. The van der Waals surface area contributed by atoms with Crippen molar-refractivity contribution in [2.24, 2.45) is 0 Å². The Labute approximate surface area is 145 Å². The van der Waals surface area contributed by atoms with Crippen molar-refractivity contribution in [1.82, 2.24) is 4.98 Å². The molecule has 0 N–H and O–H groups in total. The molecular formula is C16H15BrF3NO3. The molecular weight excluding hydrogens is 391 g/mol. The number of methoxy groups -OCH3 is 2. The van der Waals surface area contributed by atoms with Crippen molar-refractivity contribution in [2.75, 3.05) is 14.2 Å². The molecule has 0 saturated heterocycles. The first-order valence-corrected chi connectivity index (χ1v) is 7.76. The highest BCUT2D eigenvalue weighted by atomic mass is 79.9. The summed E-state index contributed by atoms with van der Waals surface area (Å²) in [6.45, 7) is 1.97. The van der Waals surface area contributed by atoms with Gasteiger partial charge < -0.3 is 14.2 Å². The third-order valence-corrected chi connectivity index (χ3v) is 3.97. The molecule has 1 aromatic heterocycles. The molecule has 0 radical (unpaired) electrons. The Hall–Kier alpha value is -1.96. The Kier molecular flexibility index (Phi) is 5.58. The third-order valence-electron chi connectivity index (χ3n) is 3.28. The van der Waals surface area contributed by atoms with E-state index in [1.165, 1.54) is 32.4 Å². The van der Waals surface area contributed by atoms with Crippen molar-refractivity contribution < 1.29 is 27.4 Å². The van der Waals surface area contributed by atoms with Crippen LogP contribution >= 0.6 is 15.9 Å². The fourth-order valence-electron chi connectivity index (χ4n) is 2.20. The lowest BCUT2D eigenvalue weighted by molar-refractivity contribution is -0.274. The highest BCUT2D eigenvalue weighted by molar-refractivity contribution is 9.10. The van der Waals surface area contributed by atoms with E-state index in [4.69, 9.17) is 9.47 Å². The molecule has 1 aromatic carbocycles. The van der Waals surface area contributed by atoms with Crippen LogP contribution in [0.25, 0.3) is 11.1 Å². The SMILES string of the molecule is CCc1cc(-c2ccc(OC(F)(F)F)cc2OC)c(OC)nc1Br. The van der Waals surface area contributed by atoms with Gasteiger partial charge in [-0.25, -0.2) is 4.98 Å². The van der Waals surface area contributed by atoms with E-state index in [0.717, 1.165) is 12.0 Å². The largest absolute Gasteiger partial charge is 0.573 e. The van der Waals surface area contributed by atoms with E-state index in [1.807, 2.05) is 13.0 Å². The number of hydrogen-bond donors (Lipinski definition) is 0. The number of pyridine rings is 1. The summed E-state index contributed by atoms with van der Waals surface area (Å²) in [7, 11) is 2.84. The maximum Gasteiger partial charge on any atom is 0.573 e. The zero-order chi connectivity index (χ0) is 17.9. The van der Waals surface area contributed by atoms with Crippen LogP contribution in [0.5, 0.6) is 17.4 Å². The number of nitrogens with zero attached hydrogens (tertiary/aromatic N) is 1. The number of aromatic nitrogens is 1. The number of hydrogen-bond acceptors (Lipinski definition) is 4. The summed E-state index contributed by atoms with van der Waals surface area (Å²) in [6, 6.07) is 5.74. The highest BCUT2D eigenvalue weighted by Crippen LogP contribution is 2.40. The molecule has 0 fully saturated rings. The van der Waals surface area contributed by atoms with Gasteiger partial charge in [-0.05, 0) is 46.1 Å². The Bertz CT molecular complexity index is 735. The summed E-state index contributed by atoms with van der Waals surface area (Å²) in [5.74, 6) is 0.200. The van der Waals surface area contributed by atoms with Crippen LogP contribution in [-0.2, 0) is 6.42 Å². The molecule has 24 heavy (non-hydrogen) atoms. The summed E-state index contributed by atoms with van der Waals surface area (Å²) in [4.78, 5) is 4.32. The molecule has 0 unspecified atom stereocenters. The first-order valence-electron chi connectivity index (χ1n) is 6.96. The molecule has 2 aromatic rings. The predicted molar refractivity (Wildman–Crippen MR) is 86.5 cm³/mol. The number of rotatable bonds is 5. The van der Waals surface area contributed by atoms with E-state index in [0.29, 0.717) is 21.6 Å². The van der Waals surface area contributed by atoms with Crippen LogP contribution in [0.15, 0.2) is 28.9 Å². The summed E-state index contributed by atoms with van der Waals surface area (Å²) in [5, 5.41) is 0. The molecule has 0 bridgehead atoms. The lowest BCUT2D eigenvalue weighted by Crippen LogP contribution is -2.17. The van der Waals surface area contributed by atoms with Crippen LogP contribution in [0, 0.1) is 0 Å². The van der Waals surface area contributed by atoms with E-state index in [2.05, 4.69) is 25.7 Å². The quantitative estimate of drug-likeness (QED) is 0.657. The van der Waals surface area contributed by atoms with Gasteiger partial charge in [-0.3, -0.25) is 0 Å². The second-order valence-corrected chi connectivity index (χ2v) is 5.51. The molecule has 2 rings (SSSR count). The van der Waals surface area contributed by atoms with E-state index < -0.39 is 6.36 Å². The molecule has 0 amide bonds. The van der Waals surface area contributed by atoms with E-state index in [9.17, 15) is 13.2 Å². The van der Waals surface area contributed by atoms with Crippen LogP contribution < -0.4 is 14.2 Å².